The number of fused-ring (bicyclic) bond motifs is 1. The Labute approximate surface area is 173 Å². The predicted molar refractivity (Wildman–Crippen MR) is 117 cm³/mol. The molecule has 1 aromatic heterocycles. The molecule has 0 N–H and O–H groups in total. The van der Waals surface area contributed by atoms with Crippen molar-refractivity contribution in [2.75, 3.05) is 20.2 Å². The third-order valence-electron chi connectivity index (χ3n) is 7.22. The summed E-state index contributed by atoms with van der Waals surface area (Å²) in [6, 6.07) is 6.28. The number of benzene rings is 1. The van der Waals surface area contributed by atoms with E-state index >= 15 is 0 Å². The molecule has 5 heteroatoms. The minimum Gasteiger partial charge on any atom is -0.399 e. The van der Waals surface area contributed by atoms with Crippen molar-refractivity contribution in [3.8, 4) is 0 Å². The minimum absolute atomic E-state index is 0.214. The standard InChI is InChI=1S/C24H34FN3O/c1-17(2)18-4-7-21(8-5-18)27-12-10-22(11-13-27)28-16-19(15-26-29-3)23-14-20(25)6-9-24(23)28/h6,9,14-18,21-22H,4-5,7-8,10-13H2,1-3H3/t18-,21+. The zero-order valence-corrected chi connectivity index (χ0v) is 18.0. The molecule has 0 spiro atoms. The fourth-order valence-corrected chi connectivity index (χ4v) is 5.43. The summed E-state index contributed by atoms with van der Waals surface area (Å²) in [5.74, 6) is 1.53. The second-order valence-corrected chi connectivity index (χ2v) is 9.15. The van der Waals surface area contributed by atoms with E-state index in [2.05, 4.69) is 34.7 Å². The van der Waals surface area contributed by atoms with Gasteiger partial charge in [-0.15, -0.1) is 0 Å². The van der Waals surface area contributed by atoms with Gasteiger partial charge in [-0.25, -0.2) is 4.39 Å². The molecule has 4 nitrogen and oxygen atoms in total. The van der Waals surface area contributed by atoms with Crippen molar-refractivity contribution in [2.24, 2.45) is 17.0 Å². The first-order valence-corrected chi connectivity index (χ1v) is 11.2. The average Bonchev–Trinajstić information content (AvgIpc) is 3.10. The molecule has 2 heterocycles. The van der Waals surface area contributed by atoms with Crippen LogP contribution in [0.1, 0.15) is 64.0 Å². The van der Waals surface area contributed by atoms with Crippen molar-refractivity contribution in [2.45, 2.75) is 64.5 Å². The molecule has 29 heavy (non-hydrogen) atoms. The Balaban J connectivity index is 1.45. The van der Waals surface area contributed by atoms with Gasteiger partial charge < -0.3 is 14.3 Å². The molecule has 0 radical (unpaired) electrons. The largest absolute Gasteiger partial charge is 0.399 e. The van der Waals surface area contributed by atoms with Gasteiger partial charge >= 0.3 is 0 Å². The smallest absolute Gasteiger partial charge is 0.123 e. The van der Waals surface area contributed by atoms with Crippen molar-refractivity contribution in [1.82, 2.24) is 9.47 Å². The number of rotatable bonds is 5. The second-order valence-electron chi connectivity index (χ2n) is 9.15. The van der Waals surface area contributed by atoms with Gasteiger partial charge in [-0.1, -0.05) is 19.0 Å². The van der Waals surface area contributed by atoms with Crippen LogP contribution in [-0.4, -0.2) is 41.9 Å². The first kappa shape index (κ1) is 20.4. The SMILES string of the molecule is CON=Cc1cn(C2CCN([C@H]3CC[C@@H](C(C)C)CC3)CC2)c2ccc(F)cc12. The minimum atomic E-state index is -0.214. The summed E-state index contributed by atoms with van der Waals surface area (Å²) >= 11 is 0. The van der Waals surface area contributed by atoms with Crippen molar-refractivity contribution in [1.29, 1.82) is 0 Å². The maximum absolute atomic E-state index is 13.8. The van der Waals surface area contributed by atoms with Crippen LogP contribution in [0.2, 0.25) is 0 Å². The zero-order valence-electron chi connectivity index (χ0n) is 18.0. The third kappa shape index (κ3) is 4.35. The molecule has 0 atom stereocenters. The van der Waals surface area contributed by atoms with E-state index in [0.717, 1.165) is 60.3 Å². The van der Waals surface area contributed by atoms with E-state index in [-0.39, 0.29) is 5.82 Å². The monoisotopic (exact) mass is 399 g/mol. The van der Waals surface area contributed by atoms with Crippen LogP contribution >= 0.6 is 0 Å². The van der Waals surface area contributed by atoms with Gasteiger partial charge in [0.1, 0.15) is 12.9 Å². The molecule has 0 unspecified atom stereocenters. The lowest BCUT2D eigenvalue weighted by Crippen LogP contribution is -2.43. The van der Waals surface area contributed by atoms with E-state index in [4.69, 9.17) is 4.84 Å². The summed E-state index contributed by atoms with van der Waals surface area (Å²) < 4.78 is 16.2. The molecule has 4 rings (SSSR count). The maximum Gasteiger partial charge on any atom is 0.123 e. The summed E-state index contributed by atoms with van der Waals surface area (Å²) in [7, 11) is 1.53. The summed E-state index contributed by atoms with van der Waals surface area (Å²) in [4.78, 5) is 7.57. The quantitative estimate of drug-likeness (QED) is 0.483. The number of halogens is 1. The molecule has 1 aliphatic carbocycles. The van der Waals surface area contributed by atoms with Crippen LogP contribution in [0.15, 0.2) is 29.6 Å². The van der Waals surface area contributed by atoms with E-state index in [1.807, 2.05) is 6.07 Å². The summed E-state index contributed by atoms with van der Waals surface area (Å²) in [6.07, 6.45) is 11.6. The normalized spacial score (nSPS) is 24.7. The molecule has 2 aromatic rings. The number of likely N-dealkylation sites (tertiary alicyclic amines) is 1. The molecule has 1 saturated heterocycles. The highest BCUT2D eigenvalue weighted by molar-refractivity contribution is 5.99. The molecule has 1 saturated carbocycles. The molecule has 2 aliphatic rings. The molecular weight excluding hydrogens is 365 g/mol. The van der Waals surface area contributed by atoms with Crippen LogP contribution in [0, 0.1) is 17.7 Å². The molecule has 2 fully saturated rings. The lowest BCUT2D eigenvalue weighted by molar-refractivity contribution is 0.0894. The van der Waals surface area contributed by atoms with Crippen LogP contribution in [0.4, 0.5) is 4.39 Å². The van der Waals surface area contributed by atoms with Crippen LogP contribution in [0.25, 0.3) is 10.9 Å². The van der Waals surface area contributed by atoms with Gasteiger partial charge in [0.2, 0.25) is 0 Å². The van der Waals surface area contributed by atoms with E-state index in [1.165, 1.54) is 32.8 Å². The Hall–Kier alpha value is -1.88. The van der Waals surface area contributed by atoms with Crippen molar-refractivity contribution >= 4 is 17.1 Å². The van der Waals surface area contributed by atoms with Crippen molar-refractivity contribution in [3.05, 3.63) is 35.8 Å². The third-order valence-corrected chi connectivity index (χ3v) is 7.22. The number of aromatic nitrogens is 1. The highest BCUT2D eigenvalue weighted by Crippen LogP contribution is 2.35. The Morgan fingerprint density at radius 2 is 1.79 bits per heavy atom. The summed E-state index contributed by atoms with van der Waals surface area (Å²) in [5, 5.41) is 4.81. The number of hydrogen-bond acceptors (Lipinski definition) is 3. The van der Waals surface area contributed by atoms with Gasteiger partial charge in [-0.05, 0) is 68.6 Å². The van der Waals surface area contributed by atoms with E-state index in [1.54, 1.807) is 18.3 Å². The first-order valence-electron chi connectivity index (χ1n) is 11.2. The van der Waals surface area contributed by atoms with Crippen LogP contribution in [0.5, 0.6) is 0 Å². The van der Waals surface area contributed by atoms with Crippen molar-refractivity contribution < 1.29 is 9.23 Å². The van der Waals surface area contributed by atoms with E-state index in [0.29, 0.717) is 6.04 Å². The highest BCUT2D eigenvalue weighted by atomic mass is 19.1. The Bertz CT molecular complexity index is 843. The predicted octanol–water partition coefficient (Wildman–Crippen LogP) is 5.61. The number of nitrogens with zero attached hydrogens (tertiary/aromatic N) is 3. The van der Waals surface area contributed by atoms with Gasteiger partial charge in [-0.2, -0.15) is 0 Å². The Kier molecular flexibility index (Phi) is 6.23. The van der Waals surface area contributed by atoms with Crippen LogP contribution < -0.4 is 0 Å². The van der Waals surface area contributed by atoms with E-state index in [9.17, 15) is 4.39 Å². The molecular formula is C24H34FN3O. The Morgan fingerprint density at radius 1 is 1.07 bits per heavy atom. The summed E-state index contributed by atoms with van der Waals surface area (Å²) in [6.45, 7) is 7.05. The highest BCUT2D eigenvalue weighted by Gasteiger charge is 2.30. The molecule has 0 bridgehead atoms. The zero-order chi connectivity index (χ0) is 20.4. The number of oxime groups is 1. The average molecular weight is 400 g/mol. The Morgan fingerprint density at radius 3 is 2.45 bits per heavy atom. The number of piperidine rings is 1. The fourth-order valence-electron chi connectivity index (χ4n) is 5.43. The first-order chi connectivity index (χ1) is 14.1. The maximum atomic E-state index is 13.8. The second kappa shape index (κ2) is 8.86. The van der Waals surface area contributed by atoms with E-state index < -0.39 is 0 Å². The lowest BCUT2D eigenvalue weighted by Gasteiger charge is -2.42. The van der Waals surface area contributed by atoms with Gasteiger partial charge in [0, 0.05) is 47.8 Å². The van der Waals surface area contributed by atoms with Crippen molar-refractivity contribution in [3.63, 3.8) is 0 Å². The number of hydrogen-bond donors (Lipinski definition) is 0. The van der Waals surface area contributed by atoms with Gasteiger partial charge in [0.25, 0.3) is 0 Å². The topological polar surface area (TPSA) is 29.8 Å². The summed E-state index contributed by atoms with van der Waals surface area (Å²) in [5.41, 5.74) is 2.00. The molecule has 1 aromatic carbocycles. The van der Waals surface area contributed by atoms with Gasteiger partial charge in [-0.3, -0.25) is 0 Å². The van der Waals surface area contributed by atoms with Gasteiger partial charge in [0.05, 0.1) is 6.21 Å². The molecule has 158 valence electrons. The molecule has 0 amide bonds. The lowest BCUT2D eigenvalue weighted by atomic mass is 9.79. The van der Waals surface area contributed by atoms with Crippen LogP contribution in [0.3, 0.4) is 0 Å². The molecule has 1 aliphatic heterocycles. The van der Waals surface area contributed by atoms with Gasteiger partial charge in [0.15, 0.2) is 0 Å². The fraction of sp³-hybridized carbons (Fsp3) is 0.625. The van der Waals surface area contributed by atoms with Crippen LogP contribution in [-0.2, 0) is 4.84 Å².